The second kappa shape index (κ2) is 7.04. The second-order valence-corrected chi connectivity index (χ2v) is 7.01. The first-order chi connectivity index (χ1) is 10.5. The van der Waals surface area contributed by atoms with E-state index in [9.17, 15) is 8.42 Å². The summed E-state index contributed by atoms with van der Waals surface area (Å²) >= 11 is 0. The first-order valence-electron chi connectivity index (χ1n) is 7.29. The van der Waals surface area contributed by atoms with Crippen LogP contribution in [0.3, 0.4) is 0 Å². The summed E-state index contributed by atoms with van der Waals surface area (Å²) in [6.45, 7) is 4.90. The summed E-state index contributed by atoms with van der Waals surface area (Å²) < 4.78 is 29.3. The Labute approximate surface area is 132 Å². The zero-order chi connectivity index (χ0) is 16.2. The highest BCUT2D eigenvalue weighted by molar-refractivity contribution is 7.86. The quantitative estimate of drug-likeness (QED) is 0.782. The van der Waals surface area contributed by atoms with Gasteiger partial charge in [0.2, 0.25) is 0 Å². The summed E-state index contributed by atoms with van der Waals surface area (Å²) in [5.74, 6) is 0. The molecule has 120 valence electrons. The molecule has 6 nitrogen and oxygen atoms in total. The van der Waals surface area contributed by atoms with E-state index in [1.165, 1.54) is 8.61 Å². The fraction of sp³-hybridized carbons (Fsp3) is 0.400. The molecule has 1 heterocycles. The van der Waals surface area contributed by atoms with Crippen molar-refractivity contribution in [1.29, 1.82) is 0 Å². The first kappa shape index (κ1) is 16.7. The molecule has 1 aromatic carbocycles. The molecule has 0 saturated carbocycles. The number of hydrogen-bond acceptors (Lipinski definition) is 3. The van der Waals surface area contributed by atoms with E-state index in [0.717, 1.165) is 11.3 Å². The minimum Gasteiger partial charge on any atom is -0.241 e. The van der Waals surface area contributed by atoms with E-state index in [1.54, 1.807) is 17.9 Å². The molecule has 0 fully saturated rings. The van der Waals surface area contributed by atoms with E-state index in [2.05, 4.69) is 5.10 Å². The highest BCUT2D eigenvalue weighted by Gasteiger charge is 2.24. The van der Waals surface area contributed by atoms with Crippen LogP contribution in [0.5, 0.6) is 0 Å². The van der Waals surface area contributed by atoms with Crippen LogP contribution in [0.2, 0.25) is 0 Å². The summed E-state index contributed by atoms with van der Waals surface area (Å²) in [5, 5.41) is 4.29. The molecule has 0 amide bonds. The molecule has 0 N–H and O–H groups in total. The third kappa shape index (κ3) is 3.55. The zero-order valence-corrected chi connectivity index (χ0v) is 14.0. The molecule has 1 aromatic heterocycles. The van der Waals surface area contributed by atoms with Gasteiger partial charge in [-0.3, -0.25) is 0 Å². The van der Waals surface area contributed by atoms with Crippen LogP contribution in [-0.4, -0.2) is 46.9 Å². The van der Waals surface area contributed by atoms with Gasteiger partial charge in [0.25, 0.3) is 10.2 Å². The highest BCUT2D eigenvalue weighted by Crippen LogP contribution is 2.13. The standard InChI is InChI=1S/C15H22N4O2S/c1-4-18(5-2)22(20,21)17(3)12-14-11-16-19(13-14)15-9-7-6-8-10-15/h6-11,13H,4-5,12H2,1-3H3. The Bertz CT molecular complexity index is 693. The molecule has 2 rings (SSSR count). The summed E-state index contributed by atoms with van der Waals surface area (Å²) in [5.41, 5.74) is 1.80. The van der Waals surface area contributed by atoms with Crippen LogP contribution >= 0.6 is 0 Å². The third-order valence-corrected chi connectivity index (χ3v) is 5.57. The number of rotatable bonds is 7. The van der Waals surface area contributed by atoms with Crippen molar-refractivity contribution in [3.05, 3.63) is 48.3 Å². The Morgan fingerprint density at radius 1 is 1.14 bits per heavy atom. The van der Waals surface area contributed by atoms with Gasteiger partial charge in [-0.05, 0) is 12.1 Å². The van der Waals surface area contributed by atoms with Crippen molar-refractivity contribution in [3.63, 3.8) is 0 Å². The fourth-order valence-corrected chi connectivity index (χ4v) is 3.61. The smallest absolute Gasteiger partial charge is 0.241 e. The Morgan fingerprint density at radius 3 is 2.36 bits per heavy atom. The van der Waals surface area contributed by atoms with Gasteiger partial charge in [0, 0.05) is 38.4 Å². The lowest BCUT2D eigenvalue weighted by atomic mass is 10.3. The van der Waals surface area contributed by atoms with Gasteiger partial charge in [-0.25, -0.2) is 4.68 Å². The number of para-hydroxylation sites is 1. The molecule has 0 unspecified atom stereocenters. The SMILES string of the molecule is CCN(CC)S(=O)(=O)N(C)Cc1cnn(-c2ccccc2)c1. The second-order valence-electron chi connectivity index (χ2n) is 4.98. The Morgan fingerprint density at radius 2 is 1.77 bits per heavy atom. The molecule has 2 aromatic rings. The molecule has 0 spiro atoms. The van der Waals surface area contributed by atoms with Crippen molar-refractivity contribution in [2.24, 2.45) is 0 Å². The van der Waals surface area contributed by atoms with Crippen molar-refractivity contribution < 1.29 is 8.42 Å². The lowest BCUT2D eigenvalue weighted by Gasteiger charge is -2.25. The van der Waals surface area contributed by atoms with Crippen molar-refractivity contribution in [3.8, 4) is 5.69 Å². The van der Waals surface area contributed by atoms with Crippen LogP contribution < -0.4 is 0 Å². The van der Waals surface area contributed by atoms with Crippen molar-refractivity contribution in [2.45, 2.75) is 20.4 Å². The van der Waals surface area contributed by atoms with E-state index in [-0.39, 0.29) is 0 Å². The van der Waals surface area contributed by atoms with Gasteiger partial charge >= 0.3 is 0 Å². The van der Waals surface area contributed by atoms with Gasteiger partial charge in [0.1, 0.15) is 0 Å². The van der Waals surface area contributed by atoms with Gasteiger partial charge in [-0.15, -0.1) is 0 Å². The van der Waals surface area contributed by atoms with Crippen molar-refractivity contribution >= 4 is 10.2 Å². The number of nitrogens with zero attached hydrogens (tertiary/aromatic N) is 4. The van der Waals surface area contributed by atoms with E-state index in [1.807, 2.05) is 50.4 Å². The average Bonchev–Trinajstić information content (AvgIpc) is 2.97. The average molecular weight is 322 g/mol. The van der Waals surface area contributed by atoms with Gasteiger partial charge in [-0.1, -0.05) is 32.0 Å². The van der Waals surface area contributed by atoms with E-state index < -0.39 is 10.2 Å². The predicted molar refractivity (Wildman–Crippen MR) is 86.9 cm³/mol. The van der Waals surface area contributed by atoms with Crippen molar-refractivity contribution in [1.82, 2.24) is 18.4 Å². The van der Waals surface area contributed by atoms with Gasteiger partial charge in [-0.2, -0.15) is 22.1 Å². The van der Waals surface area contributed by atoms with Crippen LogP contribution in [0.25, 0.3) is 5.69 Å². The number of benzene rings is 1. The Kier molecular flexibility index (Phi) is 5.33. The Hall–Kier alpha value is -1.70. The van der Waals surface area contributed by atoms with Crippen LogP contribution in [0.1, 0.15) is 19.4 Å². The monoisotopic (exact) mass is 322 g/mol. The summed E-state index contributed by atoms with van der Waals surface area (Å²) in [6.07, 6.45) is 3.55. The van der Waals surface area contributed by atoms with Gasteiger partial charge < -0.3 is 0 Å². The normalized spacial score (nSPS) is 12.2. The number of hydrogen-bond donors (Lipinski definition) is 0. The van der Waals surface area contributed by atoms with E-state index in [4.69, 9.17) is 0 Å². The molecular weight excluding hydrogens is 300 g/mol. The molecule has 0 aliphatic heterocycles. The third-order valence-electron chi connectivity index (χ3n) is 3.49. The van der Waals surface area contributed by atoms with Crippen LogP contribution in [-0.2, 0) is 16.8 Å². The van der Waals surface area contributed by atoms with Gasteiger partial charge in [0.15, 0.2) is 0 Å². The molecule has 7 heteroatoms. The molecule has 0 bridgehead atoms. The molecule has 0 radical (unpaired) electrons. The maximum absolute atomic E-state index is 12.4. The topological polar surface area (TPSA) is 58.4 Å². The lowest BCUT2D eigenvalue weighted by Crippen LogP contribution is -2.41. The summed E-state index contributed by atoms with van der Waals surface area (Å²) in [7, 11) is -1.83. The molecule has 0 saturated heterocycles. The fourth-order valence-electron chi connectivity index (χ4n) is 2.25. The lowest BCUT2D eigenvalue weighted by molar-refractivity contribution is 0.375. The Balaban J connectivity index is 2.13. The summed E-state index contributed by atoms with van der Waals surface area (Å²) in [6, 6.07) is 9.72. The maximum atomic E-state index is 12.4. The molecule has 22 heavy (non-hydrogen) atoms. The molecular formula is C15H22N4O2S. The van der Waals surface area contributed by atoms with Gasteiger partial charge in [0.05, 0.1) is 11.9 Å². The predicted octanol–water partition coefficient (Wildman–Crippen LogP) is 1.89. The zero-order valence-electron chi connectivity index (χ0n) is 13.2. The minimum atomic E-state index is -3.43. The van der Waals surface area contributed by atoms with Crippen LogP contribution in [0.15, 0.2) is 42.7 Å². The minimum absolute atomic E-state index is 0.297. The maximum Gasteiger partial charge on any atom is 0.282 e. The molecule has 0 atom stereocenters. The van der Waals surface area contributed by atoms with Crippen molar-refractivity contribution in [2.75, 3.05) is 20.1 Å². The van der Waals surface area contributed by atoms with Crippen LogP contribution in [0, 0.1) is 0 Å². The highest BCUT2D eigenvalue weighted by atomic mass is 32.2. The van der Waals surface area contributed by atoms with Crippen LogP contribution in [0.4, 0.5) is 0 Å². The molecule has 0 aliphatic rings. The molecule has 0 aliphatic carbocycles. The summed E-state index contributed by atoms with van der Waals surface area (Å²) in [4.78, 5) is 0. The van der Waals surface area contributed by atoms with E-state index in [0.29, 0.717) is 19.6 Å². The number of aromatic nitrogens is 2. The van der Waals surface area contributed by atoms with E-state index >= 15 is 0 Å². The first-order valence-corrected chi connectivity index (χ1v) is 8.69. The largest absolute Gasteiger partial charge is 0.282 e.